The van der Waals surface area contributed by atoms with E-state index in [0.717, 1.165) is 19.7 Å². The van der Waals surface area contributed by atoms with Crippen molar-refractivity contribution in [1.82, 2.24) is 5.32 Å². The largest absolute Gasteiger partial charge is 0.349 e. The maximum atomic E-state index is 5.31. The van der Waals surface area contributed by atoms with E-state index in [1.807, 2.05) is 13.8 Å². The molecule has 0 spiro atoms. The fraction of sp³-hybridized carbons (Fsp3) is 1.00. The van der Waals surface area contributed by atoms with Crippen molar-refractivity contribution in [2.45, 2.75) is 26.2 Å². The third-order valence-corrected chi connectivity index (χ3v) is 1.50. The lowest BCUT2D eigenvalue weighted by Crippen LogP contribution is -2.39. The Labute approximate surface area is 61.7 Å². The van der Waals surface area contributed by atoms with E-state index in [1.54, 1.807) is 0 Å². The van der Waals surface area contributed by atoms with Gasteiger partial charge in [0.15, 0.2) is 6.29 Å². The Hall–Kier alpha value is -0.120. The molecular formula is C7H15NO2. The standard InChI is InChI=1S/C5H9NO2.C2H6/c1-4-3-7-5(8-4)2-6-1;1-2/h4-6H,1-3H2;1-2H3/t4-,5+;/m1./s1. The van der Waals surface area contributed by atoms with Gasteiger partial charge in [0.25, 0.3) is 0 Å². The van der Waals surface area contributed by atoms with E-state index in [2.05, 4.69) is 5.32 Å². The first-order chi connectivity index (χ1) is 4.95. The number of hydrogen-bond donors (Lipinski definition) is 1. The number of hydrogen-bond acceptors (Lipinski definition) is 3. The SMILES string of the molecule is C1NC[C@H]2OC[C@@H]1O2.CC. The monoisotopic (exact) mass is 145 g/mol. The molecule has 0 aliphatic carbocycles. The lowest BCUT2D eigenvalue weighted by Gasteiger charge is -2.17. The fourth-order valence-electron chi connectivity index (χ4n) is 1.08. The van der Waals surface area contributed by atoms with E-state index in [1.165, 1.54) is 0 Å². The molecular weight excluding hydrogens is 130 g/mol. The lowest BCUT2D eigenvalue weighted by atomic mass is 10.3. The van der Waals surface area contributed by atoms with Crippen LogP contribution in [-0.2, 0) is 9.47 Å². The molecule has 2 saturated heterocycles. The molecule has 60 valence electrons. The van der Waals surface area contributed by atoms with E-state index in [4.69, 9.17) is 9.47 Å². The predicted octanol–water partition coefficient (Wildman–Crippen LogP) is 0.357. The molecule has 0 radical (unpaired) electrons. The van der Waals surface area contributed by atoms with Crippen LogP contribution < -0.4 is 5.32 Å². The van der Waals surface area contributed by atoms with Gasteiger partial charge in [-0.15, -0.1) is 0 Å². The second kappa shape index (κ2) is 3.91. The fourth-order valence-corrected chi connectivity index (χ4v) is 1.08. The van der Waals surface area contributed by atoms with Gasteiger partial charge in [-0.1, -0.05) is 13.8 Å². The van der Waals surface area contributed by atoms with Crippen molar-refractivity contribution >= 4 is 0 Å². The summed E-state index contributed by atoms with van der Waals surface area (Å²) in [6.07, 6.45) is 0.377. The normalized spacial score (nSPS) is 36.6. The molecule has 10 heavy (non-hydrogen) atoms. The topological polar surface area (TPSA) is 30.5 Å². The Balaban J connectivity index is 0.000000231. The van der Waals surface area contributed by atoms with E-state index >= 15 is 0 Å². The minimum absolute atomic E-state index is 0.0498. The number of fused-ring (bicyclic) bond motifs is 2. The van der Waals surface area contributed by atoms with Crippen molar-refractivity contribution in [2.75, 3.05) is 19.7 Å². The summed E-state index contributed by atoms with van der Waals surface area (Å²) in [7, 11) is 0. The second-order valence-electron chi connectivity index (χ2n) is 2.18. The summed E-state index contributed by atoms with van der Waals surface area (Å²) in [5.74, 6) is 0. The Morgan fingerprint density at radius 1 is 1.30 bits per heavy atom. The quantitative estimate of drug-likeness (QED) is 0.534. The summed E-state index contributed by atoms with van der Waals surface area (Å²) in [5, 5.41) is 3.20. The minimum atomic E-state index is 0.0498. The molecule has 2 fully saturated rings. The van der Waals surface area contributed by atoms with E-state index < -0.39 is 0 Å². The first-order valence-electron chi connectivity index (χ1n) is 3.93. The third-order valence-electron chi connectivity index (χ3n) is 1.50. The highest BCUT2D eigenvalue weighted by atomic mass is 16.7. The smallest absolute Gasteiger partial charge is 0.170 e. The highest BCUT2D eigenvalue weighted by Gasteiger charge is 2.29. The predicted molar refractivity (Wildman–Crippen MR) is 38.8 cm³/mol. The van der Waals surface area contributed by atoms with Gasteiger partial charge in [-0.25, -0.2) is 0 Å². The van der Waals surface area contributed by atoms with Crippen LogP contribution in [0, 0.1) is 0 Å². The maximum Gasteiger partial charge on any atom is 0.170 e. The van der Waals surface area contributed by atoms with Crippen molar-refractivity contribution < 1.29 is 9.47 Å². The molecule has 2 bridgehead atoms. The average molecular weight is 145 g/mol. The van der Waals surface area contributed by atoms with Crippen LogP contribution in [0.4, 0.5) is 0 Å². The maximum absolute atomic E-state index is 5.31. The molecule has 2 aliphatic rings. The van der Waals surface area contributed by atoms with Crippen LogP contribution in [0.5, 0.6) is 0 Å². The zero-order valence-corrected chi connectivity index (χ0v) is 6.59. The van der Waals surface area contributed by atoms with Crippen LogP contribution >= 0.6 is 0 Å². The van der Waals surface area contributed by atoms with Crippen LogP contribution in [-0.4, -0.2) is 32.1 Å². The van der Waals surface area contributed by atoms with Crippen LogP contribution in [0.2, 0.25) is 0 Å². The van der Waals surface area contributed by atoms with Gasteiger partial charge in [-0.3, -0.25) is 0 Å². The van der Waals surface area contributed by atoms with Gasteiger partial charge in [0.05, 0.1) is 12.7 Å². The second-order valence-corrected chi connectivity index (χ2v) is 2.18. The molecule has 2 aliphatic heterocycles. The van der Waals surface area contributed by atoms with Crippen LogP contribution in [0.25, 0.3) is 0 Å². The number of nitrogens with one attached hydrogen (secondary N) is 1. The molecule has 2 rings (SSSR count). The highest BCUT2D eigenvalue weighted by molar-refractivity contribution is 4.74. The molecule has 3 heteroatoms. The molecule has 0 amide bonds. The molecule has 0 unspecified atom stereocenters. The van der Waals surface area contributed by atoms with E-state index in [-0.39, 0.29) is 6.29 Å². The van der Waals surface area contributed by atoms with E-state index in [9.17, 15) is 0 Å². The lowest BCUT2D eigenvalue weighted by molar-refractivity contribution is -0.0707. The zero-order chi connectivity index (χ0) is 7.40. The molecule has 3 nitrogen and oxygen atoms in total. The van der Waals surface area contributed by atoms with Crippen molar-refractivity contribution in [1.29, 1.82) is 0 Å². The number of ether oxygens (including phenoxy) is 2. The van der Waals surface area contributed by atoms with Crippen LogP contribution in [0.15, 0.2) is 0 Å². The molecule has 0 saturated carbocycles. The zero-order valence-electron chi connectivity index (χ0n) is 6.59. The molecule has 0 aromatic heterocycles. The summed E-state index contributed by atoms with van der Waals surface area (Å²) < 4.78 is 10.5. The Kier molecular flexibility index (Phi) is 3.12. The Morgan fingerprint density at radius 2 is 2.10 bits per heavy atom. The summed E-state index contributed by atoms with van der Waals surface area (Å²) in [5.41, 5.74) is 0. The van der Waals surface area contributed by atoms with Gasteiger partial charge in [0, 0.05) is 13.1 Å². The molecule has 0 aromatic carbocycles. The van der Waals surface area contributed by atoms with Crippen molar-refractivity contribution in [3.05, 3.63) is 0 Å². The van der Waals surface area contributed by atoms with E-state index in [0.29, 0.717) is 6.10 Å². The van der Waals surface area contributed by atoms with Crippen LogP contribution in [0.1, 0.15) is 13.8 Å². The van der Waals surface area contributed by atoms with Crippen molar-refractivity contribution in [3.63, 3.8) is 0 Å². The third kappa shape index (κ3) is 1.68. The summed E-state index contributed by atoms with van der Waals surface area (Å²) in [6.45, 7) is 6.59. The Morgan fingerprint density at radius 3 is 2.70 bits per heavy atom. The first kappa shape index (κ1) is 7.98. The van der Waals surface area contributed by atoms with Gasteiger partial charge < -0.3 is 14.8 Å². The van der Waals surface area contributed by atoms with Gasteiger partial charge in [-0.05, 0) is 0 Å². The molecule has 2 atom stereocenters. The van der Waals surface area contributed by atoms with Crippen molar-refractivity contribution in [2.24, 2.45) is 0 Å². The summed E-state index contributed by atoms with van der Waals surface area (Å²) in [4.78, 5) is 0. The Bertz CT molecular complexity index is 83.6. The van der Waals surface area contributed by atoms with Gasteiger partial charge in [-0.2, -0.15) is 0 Å². The van der Waals surface area contributed by atoms with Gasteiger partial charge in [0.2, 0.25) is 0 Å². The summed E-state index contributed by atoms with van der Waals surface area (Å²) in [6, 6.07) is 0. The van der Waals surface area contributed by atoms with Crippen LogP contribution in [0.3, 0.4) is 0 Å². The molecule has 0 aromatic rings. The van der Waals surface area contributed by atoms with Gasteiger partial charge in [0.1, 0.15) is 0 Å². The molecule has 1 N–H and O–H groups in total. The van der Waals surface area contributed by atoms with Gasteiger partial charge >= 0.3 is 0 Å². The average Bonchev–Trinajstić information content (AvgIpc) is 2.35. The van der Waals surface area contributed by atoms with Crippen molar-refractivity contribution in [3.8, 4) is 0 Å². The number of morpholine rings is 1. The first-order valence-corrected chi connectivity index (χ1v) is 3.93. The minimum Gasteiger partial charge on any atom is -0.349 e. The highest BCUT2D eigenvalue weighted by Crippen LogP contribution is 2.13. The number of rotatable bonds is 0. The summed E-state index contributed by atoms with van der Waals surface area (Å²) >= 11 is 0. The molecule has 2 heterocycles.